The van der Waals surface area contributed by atoms with E-state index in [9.17, 15) is 9.59 Å². The highest BCUT2D eigenvalue weighted by molar-refractivity contribution is 6.05. The minimum absolute atomic E-state index is 0.0404. The average Bonchev–Trinajstić information content (AvgIpc) is 2.68. The SMILES string of the molecule is COc1ccc(NC(=O)c2ccc(C(=O)N3CCCC(C)C3)cc2)cc1. The molecule has 26 heavy (non-hydrogen) atoms. The molecule has 1 aliphatic heterocycles. The number of amides is 2. The van der Waals surface area contributed by atoms with Gasteiger partial charge in [0.05, 0.1) is 7.11 Å². The second-order valence-corrected chi connectivity index (χ2v) is 6.76. The molecular formula is C21H24N2O3. The Kier molecular flexibility index (Phi) is 5.56. The highest BCUT2D eigenvalue weighted by Crippen LogP contribution is 2.19. The number of nitrogens with zero attached hydrogens (tertiary/aromatic N) is 1. The van der Waals surface area contributed by atoms with E-state index in [1.165, 1.54) is 6.42 Å². The lowest BCUT2D eigenvalue weighted by molar-refractivity contribution is 0.0682. The van der Waals surface area contributed by atoms with Gasteiger partial charge in [-0.3, -0.25) is 9.59 Å². The summed E-state index contributed by atoms with van der Waals surface area (Å²) in [6, 6.07) is 14.0. The summed E-state index contributed by atoms with van der Waals surface area (Å²) in [5, 5.41) is 2.84. The Morgan fingerprint density at radius 1 is 1.04 bits per heavy atom. The zero-order valence-corrected chi connectivity index (χ0v) is 15.2. The van der Waals surface area contributed by atoms with E-state index in [2.05, 4.69) is 12.2 Å². The van der Waals surface area contributed by atoms with Crippen molar-refractivity contribution in [2.24, 2.45) is 5.92 Å². The number of carbonyl (C=O) groups excluding carboxylic acids is 2. The summed E-state index contributed by atoms with van der Waals surface area (Å²) in [5.41, 5.74) is 1.84. The predicted molar refractivity (Wildman–Crippen MR) is 102 cm³/mol. The molecule has 2 amide bonds. The van der Waals surface area contributed by atoms with Crippen LogP contribution in [0.3, 0.4) is 0 Å². The van der Waals surface area contributed by atoms with Crippen molar-refractivity contribution in [2.45, 2.75) is 19.8 Å². The number of hydrogen-bond donors (Lipinski definition) is 1. The van der Waals surface area contributed by atoms with Crippen molar-refractivity contribution >= 4 is 17.5 Å². The van der Waals surface area contributed by atoms with Gasteiger partial charge in [-0.25, -0.2) is 0 Å². The molecule has 1 fully saturated rings. The fraction of sp³-hybridized carbons (Fsp3) is 0.333. The fourth-order valence-electron chi connectivity index (χ4n) is 3.20. The molecule has 0 aromatic heterocycles. The number of nitrogens with one attached hydrogen (secondary N) is 1. The van der Waals surface area contributed by atoms with Gasteiger partial charge in [0, 0.05) is 29.9 Å². The van der Waals surface area contributed by atoms with Crippen LogP contribution >= 0.6 is 0 Å². The molecule has 0 spiro atoms. The number of ether oxygens (including phenoxy) is 1. The fourth-order valence-corrected chi connectivity index (χ4v) is 3.20. The van der Waals surface area contributed by atoms with Crippen molar-refractivity contribution < 1.29 is 14.3 Å². The molecular weight excluding hydrogens is 328 g/mol. The van der Waals surface area contributed by atoms with Gasteiger partial charge in [0.25, 0.3) is 11.8 Å². The third kappa shape index (κ3) is 4.23. The molecule has 0 bridgehead atoms. The van der Waals surface area contributed by atoms with E-state index in [0.717, 1.165) is 25.3 Å². The van der Waals surface area contributed by atoms with Crippen LogP contribution in [0.4, 0.5) is 5.69 Å². The summed E-state index contributed by atoms with van der Waals surface area (Å²) in [7, 11) is 1.60. The van der Waals surface area contributed by atoms with Gasteiger partial charge < -0.3 is 15.0 Å². The molecule has 5 heteroatoms. The predicted octanol–water partition coefficient (Wildman–Crippen LogP) is 3.82. The van der Waals surface area contributed by atoms with Gasteiger partial charge in [-0.15, -0.1) is 0 Å². The molecule has 1 atom stereocenters. The van der Waals surface area contributed by atoms with E-state index >= 15 is 0 Å². The molecule has 2 aromatic carbocycles. The molecule has 0 aliphatic carbocycles. The van der Waals surface area contributed by atoms with Crippen molar-refractivity contribution in [2.75, 3.05) is 25.5 Å². The molecule has 3 rings (SSSR count). The average molecular weight is 352 g/mol. The Bertz CT molecular complexity index is 769. The summed E-state index contributed by atoms with van der Waals surface area (Å²) in [4.78, 5) is 26.9. The van der Waals surface area contributed by atoms with Crippen LogP contribution in [0.25, 0.3) is 0 Å². The number of likely N-dealkylation sites (tertiary alicyclic amines) is 1. The molecule has 1 heterocycles. The van der Waals surface area contributed by atoms with Crippen LogP contribution in [0.15, 0.2) is 48.5 Å². The number of benzene rings is 2. The number of methoxy groups -OCH3 is 1. The van der Waals surface area contributed by atoms with Crippen molar-refractivity contribution in [3.05, 3.63) is 59.7 Å². The van der Waals surface area contributed by atoms with Crippen LogP contribution in [0, 0.1) is 5.92 Å². The molecule has 5 nitrogen and oxygen atoms in total. The molecule has 1 aliphatic rings. The smallest absolute Gasteiger partial charge is 0.255 e. The first-order valence-corrected chi connectivity index (χ1v) is 8.91. The van der Waals surface area contributed by atoms with Crippen molar-refractivity contribution in [1.29, 1.82) is 0 Å². The number of anilines is 1. The molecule has 1 N–H and O–H groups in total. The lowest BCUT2D eigenvalue weighted by Gasteiger charge is -2.31. The lowest BCUT2D eigenvalue weighted by atomic mass is 9.99. The minimum atomic E-state index is -0.208. The number of carbonyl (C=O) groups is 2. The van der Waals surface area contributed by atoms with Crippen LogP contribution in [-0.4, -0.2) is 36.9 Å². The monoisotopic (exact) mass is 352 g/mol. The third-order valence-corrected chi connectivity index (χ3v) is 4.69. The summed E-state index contributed by atoms with van der Waals surface area (Å²) in [6.45, 7) is 3.79. The number of rotatable bonds is 4. The van der Waals surface area contributed by atoms with Gasteiger partial charge in [-0.2, -0.15) is 0 Å². The normalized spacial score (nSPS) is 16.8. The molecule has 2 aromatic rings. The Labute approximate surface area is 154 Å². The van der Waals surface area contributed by atoms with E-state index in [1.807, 2.05) is 4.90 Å². The second-order valence-electron chi connectivity index (χ2n) is 6.76. The van der Waals surface area contributed by atoms with Gasteiger partial charge in [0.15, 0.2) is 0 Å². The first-order chi connectivity index (χ1) is 12.6. The third-order valence-electron chi connectivity index (χ3n) is 4.69. The minimum Gasteiger partial charge on any atom is -0.497 e. The quantitative estimate of drug-likeness (QED) is 0.910. The maximum absolute atomic E-state index is 12.6. The number of piperidine rings is 1. The van der Waals surface area contributed by atoms with Crippen molar-refractivity contribution in [3.63, 3.8) is 0 Å². The van der Waals surface area contributed by atoms with Crippen LogP contribution < -0.4 is 10.1 Å². The lowest BCUT2D eigenvalue weighted by Crippen LogP contribution is -2.39. The Balaban J connectivity index is 1.64. The van der Waals surface area contributed by atoms with Crippen LogP contribution in [0.1, 0.15) is 40.5 Å². The van der Waals surface area contributed by atoms with Crippen LogP contribution in [0.2, 0.25) is 0 Å². The topological polar surface area (TPSA) is 58.6 Å². The summed E-state index contributed by atoms with van der Waals surface area (Å²) >= 11 is 0. The highest BCUT2D eigenvalue weighted by atomic mass is 16.5. The van der Waals surface area contributed by atoms with E-state index in [0.29, 0.717) is 22.7 Å². The maximum Gasteiger partial charge on any atom is 0.255 e. The maximum atomic E-state index is 12.6. The van der Waals surface area contributed by atoms with Crippen LogP contribution in [0.5, 0.6) is 5.75 Å². The first-order valence-electron chi connectivity index (χ1n) is 8.91. The first kappa shape index (κ1) is 18.0. The molecule has 0 radical (unpaired) electrons. The van der Waals surface area contributed by atoms with Gasteiger partial charge in [0.2, 0.25) is 0 Å². The van der Waals surface area contributed by atoms with E-state index in [1.54, 1.807) is 55.6 Å². The van der Waals surface area contributed by atoms with E-state index in [-0.39, 0.29) is 11.8 Å². The van der Waals surface area contributed by atoms with Crippen LogP contribution in [-0.2, 0) is 0 Å². The number of hydrogen-bond acceptors (Lipinski definition) is 3. The summed E-state index contributed by atoms with van der Waals surface area (Å²) in [5.74, 6) is 1.11. The molecule has 1 saturated heterocycles. The Morgan fingerprint density at radius 2 is 1.69 bits per heavy atom. The van der Waals surface area contributed by atoms with E-state index < -0.39 is 0 Å². The summed E-state index contributed by atoms with van der Waals surface area (Å²) in [6.07, 6.45) is 2.23. The van der Waals surface area contributed by atoms with Gasteiger partial charge in [-0.05, 0) is 67.3 Å². The largest absolute Gasteiger partial charge is 0.497 e. The molecule has 0 saturated carbocycles. The van der Waals surface area contributed by atoms with Gasteiger partial charge in [-0.1, -0.05) is 6.92 Å². The zero-order valence-electron chi connectivity index (χ0n) is 15.2. The van der Waals surface area contributed by atoms with Crippen molar-refractivity contribution in [1.82, 2.24) is 4.90 Å². The van der Waals surface area contributed by atoms with E-state index in [4.69, 9.17) is 4.74 Å². The highest BCUT2D eigenvalue weighted by Gasteiger charge is 2.22. The van der Waals surface area contributed by atoms with Gasteiger partial charge >= 0.3 is 0 Å². The van der Waals surface area contributed by atoms with Crippen molar-refractivity contribution in [3.8, 4) is 5.75 Å². The molecule has 136 valence electrons. The Hall–Kier alpha value is -2.82. The standard InChI is InChI=1S/C21H24N2O3/c1-15-4-3-13-23(14-15)21(25)17-7-5-16(6-8-17)20(24)22-18-9-11-19(26-2)12-10-18/h5-12,15H,3-4,13-14H2,1-2H3,(H,22,24). The molecule has 1 unspecified atom stereocenters. The summed E-state index contributed by atoms with van der Waals surface area (Å²) < 4.78 is 5.10. The Morgan fingerprint density at radius 3 is 2.31 bits per heavy atom. The van der Waals surface area contributed by atoms with Gasteiger partial charge in [0.1, 0.15) is 5.75 Å². The zero-order chi connectivity index (χ0) is 18.5. The second kappa shape index (κ2) is 8.04.